The van der Waals surface area contributed by atoms with Crippen molar-refractivity contribution in [2.75, 3.05) is 7.11 Å². The second kappa shape index (κ2) is 5.70. The molecule has 0 aromatic carbocycles. The van der Waals surface area contributed by atoms with Gasteiger partial charge in [0.2, 0.25) is 0 Å². The molecule has 0 aliphatic rings. The first-order chi connectivity index (χ1) is 6.66. The van der Waals surface area contributed by atoms with Crippen LogP contribution in [-0.2, 0) is 4.74 Å². The predicted octanol–water partition coefficient (Wildman–Crippen LogP) is 2.90. The van der Waals surface area contributed by atoms with Crippen molar-refractivity contribution >= 4 is 0 Å². The van der Waals surface area contributed by atoms with Gasteiger partial charge in [0, 0.05) is 13.5 Å². The molecule has 0 saturated heterocycles. The van der Waals surface area contributed by atoms with Crippen molar-refractivity contribution in [3.63, 3.8) is 0 Å². The Labute approximate surface area is 88.4 Å². The molecular weight excluding hydrogens is 209 g/mol. The van der Waals surface area contributed by atoms with E-state index in [-0.39, 0.29) is 12.0 Å². The highest BCUT2D eigenvalue weighted by atomic mass is 19.4. The Morgan fingerprint density at radius 3 is 2.00 bits per heavy atom. The maximum atomic E-state index is 11.8. The molecule has 0 rings (SSSR count). The number of rotatable bonds is 6. The van der Waals surface area contributed by atoms with E-state index in [0.29, 0.717) is 12.8 Å². The third-order valence-corrected chi connectivity index (χ3v) is 2.39. The van der Waals surface area contributed by atoms with Crippen molar-refractivity contribution in [2.24, 2.45) is 0 Å². The maximum Gasteiger partial charge on any atom is 0.389 e. The molecule has 1 N–H and O–H groups in total. The smallest absolute Gasteiger partial charge is 0.389 e. The number of aliphatic hydroxyl groups excluding tert-OH is 1. The van der Waals surface area contributed by atoms with Crippen molar-refractivity contribution in [2.45, 2.75) is 57.4 Å². The summed E-state index contributed by atoms with van der Waals surface area (Å²) in [5.74, 6) is 0. The van der Waals surface area contributed by atoms with Crippen LogP contribution in [0.2, 0.25) is 0 Å². The van der Waals surface area contributed by atoms with Gasteiger partial charge in [-0.25, -0.2) is 0 Å². The third kappa shape index (κ3) is 8.69. The van der Waals surface area contributed by atoms with Gasteiger partial charge in [0.25, 0.3) is 0 Å². The number of hydrogen-bond donors (Lipinski definition) is 1. The summed E-state index contributed by atoms with van der Waals surface area (Å²) in [6.45, 7) is 3.67. The Morgan fingerprint density at radius 1 is 1.13 bits per heavy atom. The first-order valence-corrected chi connectivity index (χ1v) is 4.96. The van der Waals surface area contributed by atoms with Gasteiger partial charge in [-0.15, -0.1) is 0 Å². The summed E-state index contributed by atoms with van der Waals surface area (Å²) in [6.07, 6.45) is -5.37. The molecule has 0 bridgehead atoms. The van der Waals surface area contributed by atoms with Crippen LogP contribution in [0.3, 0.4) is 0 Å². The molecule has 0 saturated carbocycles. The standard InChI is InChI=1S/C10H19F3O2/c1-9(2,15-3)6-4-8(14)5-7-10(11,12)13/h8,14H,4-7H2,1-3H3. The van der Waals surface area contributed by atoms with E-state index in [9.17, 15) is 18.3 Å². The number of methoxy groups -OCH3 is 1. The van der Waals surface area contributed by atoms with E-state index in [0.717, 1.165) is 0 Å². The summed E-state index contributed by atoms with van der Waals surface area (Å²) < 4.78 is 40.6. The van der Waals surface area contributed by atoms with Crippen molar-refractivity contribution in [3.8, 4) is 0 Å². The molecule has 92 valence electrons. The lowest BCUT2D eigenvalue weighted by molar-refractivity contribution is -0.140. The van der Waals surface area contributed by atoms with Gasteiger partial charge in [0.05, 0.1) is 11.7 Å². The number of aliphatic hydroxyl groups is 1. The SMILES string of the molecule is COC(C)(C)CCC(O)CCC(F)(F)F. The summed E-state index contributed by atoms with van der Waals surface area (Å²) in [6, 6.07) is 0. The zero-order valence-electron chi connectivity index (χ0n) is 9.40. The maximum absolute atomic E-state index is 11.8. The molecule has 0 spiro atoms. The monoisotopic (exact) mass is 228 g/mol. The minimum atomic E-state index is -4.18. The molecular formula is C10H19F3O2. The van der Waals surface area contributed by atoms with Gasteiger partial charge < -0.3 is 9.84 Å². The quantitative estimate of drug-likeness (QED) is 0.757. The van der Waals surface area contributed by atoms with Crippen molar-refractivity contribution in [1.29, 1.82) is 0 Å². The zero-order chi connectivity index (χ0) is 12.1. The van der Waals surface area contributed by atoms with Crippen LogP contribution in [0.25, 0.3) is 0 Å². The van der Waals surface area contributed by atoms with Crippen LogP contribution < -0.4 is 0 Å². The van der Waals surface area contributed by atoms with E-state index >= 15 is 0 Å². The second-order valence-corrected chi connectivity index (χ2v) is 4.31. The van der Waals surface area contributed by atoms with E-state index in [2.05, 4.69) is 0 Å². The molecule has 2 nitrogen and oxygen atoms in total. The highest BCUT2D eigenvalue weighted by Gasteiger charge is 2.28. The van der Waals surface area contributed by atoms with Crippen LogP contribution in [0.15, 0.2) is 0 Å². The molecule has 1 unspecified atom stereocenters. The van der Waals surface area contributed by atoms with Gasteiger partial charge in [-0.1, -0.05) is 0 Å². The summed E-state index contributed by atoms with van der Waals surface area (Å²) in [4.78, 5) is 0. The van der Waals surface area contributed by atoms with Crippen molar-refractivity contribution in [3.05, 3.63) is 0 Å². The summed E-state index contributed by atoms with van der Waals surface area (Å²) >= 11 is 0. The summed E-state index contributed by atoms with van der Waals surface area (Å²) in [5, 5.41) is 9.32. The summed E-state index contributed by atoms with van der Waals surface area (Å²) in [7, 11) is 1.54. The number of alkyl halides is 3. The van der Waals surface area contributed by atoms with Crippen LogP contribution in [0.4, 0.5) is 13.2 Å². The Kier molecular flexibility index (Phi) is 5.59. The minimum Gasteiger partial charge on any atom is -0.393 e. The lowest BCUT2D eigenvalue weighted by atomic mass is 9.98. The lowest BCUT2D eigenvalue weighted by Gasteiger charge is -2.24. The highest BCUT2D eigenvalue weighted by Crippen LogP contribution is 2.24. The van der Waals surface area contributed by atoms with Gasteiger partial charge in [-0.3, -0.25) is 0 Å². The molecule has 0 aliphatic carbocycles. The molecule has 15 heavy (non-hydrogen) atoms. The average Bonchev–Trinajstić information content (AvgIpc) is 2.10. The van der Waals surface area contributed by atoms with E-state index in [1.807, 2.05) is 13.8 Å². The van der Waals surface area contributed by atoms with Gasteiger partial charge in [0.15, 0.2) is 0 Å². The first kappa shape index (κ1) is 14.7. The molecule has 0 fully saturated rings. The van der Waals surface area contributed by atoms with Crippen LogP contribution in [-0.4, -0.2) is 30.1 Å². The van der Waals surface area contributed by atoms with Crippen LogP contribution >= 0.6 is 0 Å². The Hall–Kier alpha value is -0.290. The number of ether oxygens (including phenoxy) is 1. The van der Waals surface area contributed by atoms with E-state index in [1.165, 1.54) is 0 Å². The van der Waals surface area contributed by atoms with E-state index in [4.69, 9.17) is 4.74 Å². The van der Waals surface area contributed by atoms with E-state index < -0.39 is 18.7 Å². The molecule has 1 atom stereocenters. The summed E-state index contributed by atoms with van der Waals surface area (Å²) in [5.41, 5.74) is -0.390. The third-order valence-electron chi connectivity index (χ3n) is 2.39. The fourth-order valence-corrected chi connectivity index (χ4v) is 1.09. The van der Waals surface area contributed by atoms with E-state index in [1.54, 1.807) is 7.11 Å². The number of hydrogen-bond acceptors (Lipinski definition) is 2. The zero-order valence-corrected chi connectivity index (χ0v) is 9.40. The van der Waals surface area contributed by atoms with Gasteiger partial charge in [-0.2, -0.15) is 13.2 Å². The lowest BCUT2D eigenvalue weighted by Crippen LogP contribution is -2.25. The Balaban J connectivity index is 3.71. The van der Waals surface area contributed by atoms with Gasteiger partial charge in [0.1, 0.15) is 0 Å². The Morgan fingerprint density at radius 2 is 1.60 bits per heavy atom. The predicted molar refractivity (Wildman–Crippen MR) is 51.6 cm³/mol. The molecule has 5 heteroatoms. The molecule has 0 heterocycles. The first-order valence-electron chi connectivity index (χ1n) is 4.96. The highest BCUT2D eigenvalue weighted by molar-refractivity contribution is 4.70. The van der Waals surface area contributed by atoms with Gasteiger partial charge >= 0.3 is 6.18 Å². The van der Waals surface area contributed by atoms with Crippen molar-refractivity contribution in [1.82, 2.24) is 0 Å². The second-order valence-electron chi connectivity index (χ2n) is 4.31. The molecule has 0 aromatic heterocycles. The molecule has 0 aromatic rings. The average molecular weight is 228 g/mol. The normalized spacial score (nSPS) is 15.4. The number of halogens is 3. The van der Waals surface area contributed by atoms with Crippen LogP contribution in [0.5, 0.6) is 0 Å². The van der Waals surface area contributed by atoms with Crippen LogP contribution in [0.1, 0.15) is 39.5 Å². The fourth-order valence-electron chi connectivity index (χ4n) is 1.09. The largest absolute Gasteiger partial charge is 0.393 e. The topological polar surface area (TPSA) is 29.5 Å². The Bertz CT molecular complexity index is 178. The fraction of sp³-hybridized carbons (Fsp3) is 1.00. The minimum absolute atomic E-state index is 0.233. The molecule has 0 aliphatic heterocycles. The van der Waals surface area contributed by atoms with Crippen LogP contribution in [0, 0.1) is 0 Å². The molecule has 0 amide bonds. The van der Waals surface area contributed by atoms with Crippen molar-refractivity contribution < 1.29 is 23.0 Å². The van der Waals surface area contributed by atoms with Gasteiger partial charge in [-0.05, 0) is 33.1 Å². The molecule has 0 radical (unpaired) electrons.